The van der Waals surface area contributed by atoms with E-state index in [9.17, 15) is 0 Å². The molecule has 0 aromatic heterocycles. The molecular formula is C41H74O. The molecular weight excluding hydrogens is 508 g/mol. The summed E-state index contributed by atoms with van der Waals surface area (Å²) in [6, 6.07) is 0. The Hall–Kier alpha value is -0.300. The van der Waals surface area contributed by atoms with Crippen molar-refractivity contribution in [1.82, 2.24) is 0 Å². The molecule has 0 saturated heterocycles. The fourth-order valence-electron chi connectivity index (χ4n) is 11.0. The third-order valence-corrected chi connectivity index (χ3v) is 13.6. The summed E-state index contributed by atoms with van der Waals surface area (Å²) in [5.41, 5.74) is 2.87. The Balaban J connectivity index is 1.16. The maximum Gasteiger partial charge on any atom is 0.0612 e. The van der Waals surface area contributed by atoms with Crippen LogP contribution in [0.15, 0.2) is 11.6 Å². The third kappa shape index (κ3) is 8.69. The van der Waals surface area contributed by atoms with Gasteiger partial charge in [0.15, 0.2) is 0 Å². The molecule has 0 heterocycles. The van der Waals surface area contributed by atoms with E-state index in [1.807, 2.05) is 0 Å². The number of ether oxygens (including phenoxy) is 1. The van der Waals surface area contributed by atoms with Crippen LogP contribution in [-0.4, -0.2) is 12.7 Å². The molecule has 1 heteroatoms. The summed E-state index contributed by atoms with van der Waals surface area (Å²) in [6.07, 6.45) is 35.9. The van der Waals surface area contributed by atoms with Crippen molar-refractivity contribution in [2.75, 3.05) is 6.61 Å². The van der Waals surface area contributed by atoms with Crippen LogP contribution in [0, 0.1) is 46.3 Å². The first-order valence-corrected chi connectivity index (χ1v) is 19.6. The van der Waals surface area contributed by atoms with E-state index < -0.39 is 0 Å². The van der Waals surface area contributed by atoms with Crippen LogP contribution in [0.2, 0.25) is 0 Å². The molecule has 3 fully saturated rings. The van der Waals surface area contributed by atoms with E-state index in [0.717, 1.165) is 42.1 Å². The first kappa shape index (κ1) is 34.6. The van der Waals surface area contributed by atoms with Gasteiger partial charge in [0.2, 0.25) is 0 Å². The van der Waals surface area contributed by atoms with Gasteiger partial charge in [-0.1, -0.05) is 143 Å². The fourth-order valence-corrected chi connectivity index (χ4v) is 11.0. The van der Waals surface area contributed by atoms with Crippen molar-refractivity contribution in [1.29, 1.82) is 0 Å². The molecule has 1 nitrogen and oxygen atoms in total. The van der Waals surface area contributed by atoms with Gasteiger partial charge in [-0.25, -0.2) is 0 Å². The standard InChI is InChI=1S/C41H74O/c1-7-8-9-10-11-12-13-14-15-16-17-18-30-42-35-26-28-40(5)34(31-35)22-23-36-38-25-24-37(33(4)21-19-20-32(2)3)41(38,6)29-27-39(36)40/h22,32-33,35-39H,7-21,23-31H2,1-6H3/t33-,35-,36+,37-,38+,39-,40+,41-/m1/s1. The van der Waals surface area contributed by atoms with Gasteiger partial charge in [0.1, 0.15) is 0 Å². The van der Waals surface area contributed by atoms with E-state index in [-0.39, 0.29) is 0 Å². The van der Waals surface area contributed by atoms with E-state index in [0.29, 0.717) is 16.9 Å². The van der Waals surface area contributed by atoms with Crippen molar-refractivity contribution in [3.05, 3.63) is 11.6 Å². The van der Waals surface area contributed by atoms with Gasteiger partial charge in [-0.2, -0.15) is 0 Å². The van der Waals surface area contributed by atoms with E-state index >= 15 is 0 Å². The van der Waals surface area contributed by atoms with E-state index in [4.69, 9.17) is 4.74 Å². The van der Waals surface area contributed by atoms with Gasteiger partial charge >= 0.3 is 0 Å². The Bertz CT molecular complexity index is 797. The molecule has 4 aliphatic rings. The van der Waals surface area contributed by atoms with Gasteiger partial charge < -0.3 is 4.74 Å². The molecule has 0 amide bonds. The predicted octanol–water partition coefficient (Wildman–Crippen LogP) is 13.1. The molecule has 0 aromatic rings. The predicted molar refractivity (Wildman–Crippen MR) is 184 cm³/mol. The number of rotatable bonds is 19. The minimum Gasteiger partial charge on any atom is -0.378 e. The van der Waals surface area contributed by atoms with E-state index in [2.05, 4.69) is 47.6 Å². The first-order valence-electron chi connectivity index (χ1n) is 19.6. The zero-order valence-electron chi connectivity index (χ0n) is 29.5. The number of unbranched alkanes of at least 4 members (excludes halogenated alkanes) is 11. The molecule has 8 atom stereocenters. The second-order valence-corrected chi connectivity index (χ2v) is 16.9. The van der Waals surface area contributed by atoms with Gasteiger partial charge in [-0.3, -0.25) is 0 Å². The Morgan fingerprint density at radius 2 is 1.40 bits per heavy atom. The van der Waals surface area contributed by atoms with Gasteiger partial charge in [-0.15, -0.1) is 0 Å². The zero-order chi connectivity index (χ0) is 30.0. The normalized spacial score (nSPS) is 35.0. The van der Waals surface area contributed by atoms with Crippen LogP contribution < -0.4 is 0 Å². The highest BCUT2D eigenvalue weighted by molar-refractivity contribution is 5.25. The molecule has 0 aromatic carbocycles. The van der Waals surface area contributed by atoms with Crippen LogP contribution in [0.25, 0.3) is 0 Å². The van der Waals surface area contributed by atoms with Crippen molar-refractivity contribution in [2.24, 2.45) is 46.3 Å². The Labute approximate surface area is 264 Å². The average Bonchev–Trinajstić information content (AvgIpc) is 3.32. The Morgan fingerprint density at radius 3 is 2.07 bits per heavy atom. The summed E-state index contributed by atoms with van der Waals surface area (Å²) in [7, 11) is 0. The van der Waals surface area contributed by atoms with Crippen LogP contribution in [0.5, 0.6) is 0 Å². The molecule has 0 N–H and O–H groups in total. The quantitative estimate of drug-likeness (QED) is 0.109. The van der Waals surface area contributed by atoms with E-state index in [1.54, 1.807) is 5.57 Å². The lowest BCUT2D eigenvalue weighted by atomic mass is 9.47. The van der Waals surface area contributed by atoms with Crippen molar-refractivity contribution < 1.29 is 4.74 Å². The highest BCUT2D eigenvalue weighted by atomic mass is 16.5. The SMILES string of the molecule is CCCCCCCCCCCCCCO[C@@H]1CC[C@@]2(C)C(=CC[C@@H]3[C@H]2CC[C@]2(C)[C@@H]([C@H](C)CCCC(C)C)CC[C@@H]32)C1. The van der Waals surface area contributed by atoms with Gasteiger partial charge in [0.05, 0.1) is 6.10 Å². The van der Waals surface area contributed by atoms with Crippen molar-refractivity contribution >= 4 is 0 Å². The molecule has 4 aliphatic carbocycles. The fraction of sp³-hybridized carbons (Fsp3) is 0.951. The van der Waals surface area contributed by atoms with E-state index in [1.165, 1.54) is 148 Å². The maximum absolute atomic E-state index is 6.54. The third-order valence-electron chi connectivity index (χ3n) is 13.6. The van der Waals surface area contributed by atoms with Crippen LogP contribution in [0.1, 0.15) is 189 Å². The van der Waals surface area contributed by atoms with Gasteiger partial charge in [0.25, 0.3) is 0 Å². The number of hydrogen-bond acceptors (Lipinski definition) is 1. The van der Waals surface area contributed by atoms with Crippen LogP contribution in [0.3, 0.4) is 0 Å². The van der Waals surface area contributed by atoms with Crippen molar-refractivity contribution in [3.63, 3.8) is 0 Å². The summed E-state index contributed by atoms with van der Waals surface area (Å²) in [5.74, 6) is 5.60. The monoisotopic (exact) mass is 583 g/mol. The summed E-state index contributed by atoms with van der Waals surface area (Å²) < 4.78 is 6.54. The first-order chi connectivity index (χ1) is 20.3. The molecule has 3 saturated carbocycles. The summed E-state index contributed by atoms with van der Waals surface area (Å²) in [5, 5.41) is 0. The lowest BCUT2D eigenvalue weighted by Crippen LogP contribution is -2.51. The molecule has 0 spiro atoms. The van der Waals surface area contributed by atoms with Crippen molar-refractivity contribution in [3.8, 4) is 0 Å². The minimum absolute atomic E-state index is 0.459. The largest absolute Gasteiger partial charge is 0.378 e. The second-order valence-electron chi connectivity index (χ2n) is 16.9. The molecule has 4 rings (SSSR count). The Kier molecular flexibility index (Phi) is 13.9. The molecule has 0 unspecified atom stereocenters. The number of fused-ring (bicyclic) bond motifs is 5. The van der Waals surface area contributed by atoms with Crippen LogP contribution in [-0.2, 0) is 4.74 Å². The minimum atomic E-state index is 0.459. The summed E-state index contributed by atoms with van der Waals surface area (Å²) in [6.45, 7) is 16.1. The topological polar surface area (TPSA) is 9.23 Å². The lowest BCUT2D eigenvalue weighted by molar-refractivity contribution is -0.0641. The smallest absolute Gasteiger partial charge is 0.0612 e. The van der Waals surface area contributed by atoms with Gasteiger partial charge in [-0.05, 0) is 104 Å². The highest BCUT2D eigenvalue weighted by Gasteiger charge is 2.59. The zero-order valence-corrected chi connectivity index (χ0v) is 29.5. The molecule has 42 heavy (non-hydrogen) atoms. The lowest BCUT2D eigenvalue weighted by Gasteiger charge is -2.58. The Morgan fingerprint density at radius 1 is 0.738 bits per heavy atom. The number of allylic oxidation sites excluding steroid dienone is 1. The summed E-state index contributed by atoms with van der Waals surface area (Å²) >= 11 is 0. The van der Waals surface area contributed by atoms with Crippen LogP contribution >= 0.6 is 0 Å². The maximum atomic E-state index is 6.54. The molecule has 244 valence electrons. The van der Waals surface area contributed by atoms with Crippen LogP contribution in [0.4, 0.5) is 0 Å². The molecule has 0 aliphatic heterocycles. The van der Waals surface area contributed by atoms with Crippen molar-refractivity contribution in [2.45, 2.75) is 195 Å². The number of hydrogen-bond donors (Lipinski definition) is 0. The second kappa shape index (κ2) is 16.9. The average molecular weight is 583 g/mol. The highest BCUT2D eigenvalue weighted by Crippen LogP contribution is 2.67. The van der Waals surface area contributed by atoms with Gasteiger partial charge in [0, 0.05) is 6.61 Å². The summed E-state index contributed by atoms with van der Waals surface area (Å²) in [4.78, 5) is 0. The molecule has 0 bridgehead atoms. The molecule has 0 radical (unpaired) electrons.